The first-order chi connectivity index (χ1) is 14.6. The van der Waals surface area contributed by atoms with Crippen LogP contribution >= 0.6 is 0 Å². The summed E-state index contributed by atoms with van der Waals surface area (Å²) >= 11 is 0. The molecule has 2 aliphatic rings. The molecule has 8 heteroatoms. The number of nitrogens with one attached hydrogen (secondary N) is 1. The number of hydrogen-bond donors (Lipinski definition) is 1. The number of rotatable bonds is 5. The zero-order valence-corrected chi connectivity index (χ0v) is 17.5. The van der Waals surface area contributed by atoms with Crippen LogP contribution < -0.4 is 5.32 Å². The van der Waals surface area contributed by atoms with E-state index in [9.17, 15) is 9.59 Å². The van der Waals surface area contributed by atoms with Crippen LogP contribution in [0.2, 0.25) is 0 Å². The second kappa shape index (κ2) is 9.38. The SMILES string of the molecule is Cn1ccnc1C(=O)N1CCC(N2CCC[C@H](C(=O)NCc3ccccn3)C2)CC1. The molecule has 2 fully saturated rings. The second-order valence-electron chi connectivity index (χ2n) is 8.26. The highest BCUT2D eigenvalue weighted by Gasteiger charge is 2.33. The molecule has 1 N–H and O–H groups in total. The van der Waals surface area contributed by atoms with E-state index in [1.807, 2.05) is 30.1 Å². The standard InChI is InChI=1S/C22H30N6O2/c1-26-14-10-24-20(26)22(30)27-12-7-19(8-13-27)28-11-4-5-17(16-28)21(29)25-15-18-6-2-3-9-23-18/h2-3,6,9-10,14,17,19H,4-5,7-8,11-13,15-16H2,1H3,(H,25,29)/t17-/m0/s1. The highest BCUT2D eigenvalue weighted by molar-refractivity contribution is 5.90. The average molecular weight is 411 g/mol. The van der Waals surface area contributed by atoms with Crippen LogP contribution in [0.4, 0.5) is 0 Å². The second-order valence-corrected chi connectivity index (χ2v) is 8.26. The predicted molar refractivity (Wildman–Crippen MR) is 113 cm³/mol. The molecule has 0 bridgehead atoms. The Labute approximate surface area is 177 Å². The van der Waals surface area contributed by atoms with Gasteiger partial charge in [0.2, 0.25) is 5.91 Å². The van der Waals surface area contributed by atoms with Gasteiger partial charge in [-0.1, -0.05) is 6.07 Å². The van der Waals surface area contributed by atoms with Gasteiger partial charge in [0.1, 0.15) is 0 Å². The minimum atomic E-state index is 0.00590. The Morgan fingerprint density at radius 2 is 1.93 bits per heavy atom. The van der Waals surface area contributed by atoms with Gasteiger partial charge in [0.05, 0.1) is 18.2 Å². The van der Waals surface area contributed by atoms with Gasteiger partial charge >= 0.3 is 0 Å². The molecule has 1 atom stereocenters. The van der Waals surface area contributed by atoms with Gasteiger partial charge in [0, 0.05) is 51.3 Å². The lowest BCUT2D eigenvalue weighted by molar-refractivity contribution is -0.127. The summed E-state index contributed by atoms with van der Waals surface area (Å²) in [7, 11) is 1.85. The van der Waals surface area contributed by atoms with E-state index < -0.39 is 0 Å². The summed E-state index contributed by atoms with van der Waals surface area (Å²) < 4.78 is 1.77. The van der Waals surface area contributed by atoms with Gasteiger partial charge < -0.3 is 14.8 Å². The third-order valence-corrected chi connectivity index (χ3v) is 6.27. The molecule has 4 rings (SSSR count). The van der Waals surface area contributed by atoms with Crippen molar-refractivity contribution in [3.8, 4) is 0 Å². The number of pyridine rings is 1. The van der Waals surface area contributed by atoms with Gasteiger partial charge in [0.15, 0.2) is 5.82 Å². The summed E-state index contributed by atoms with van der Waals surface area (Å²) in [6.07, 6.45) is 9.06. The molecule has 2 aromatic heterocycles. The summed E-state index contributed by atoms with van der Waals surface area (Å²) in [6.45, 7) is 3.78. The lowest BCUT2D eigenvalue weighted by Gasteiger charge is -2.41. The van der Waals surface area contributed by atoms with E-state index in [1.165, 1.54) is 0 Å². The number of hydrogen-bond acceptors (Lipinski definition) is 5. The van der Waals surface area contributed by atoms with Gasteiger partial charge in [-0.3, -0.25) is 19.5 Å². The molecule has 8 nitrogen and oxygen atoms in total. The minimum Gasteiger partial charge on any atom is -0.350 e. The first-order valence-corrected chi connectivity index (χ1v) is 10.8. The van der Waals surface area contributed by atoms with E-state index in [4.69, 9.17) is 0 Å². The molecule has 0 radical (unpaired) electrons. The zero-order chi connectivity index (χ0) is 20.9. The van der Waals surface area contributed by atoms with Crippen LogP contribution in [-0.4, -0.2) is 68.4 Å². The number of carbonyl (C=O) groups is 2. The fourth-order valence-corrected chi connectivity index (χ4v) is 4.52. The lowest BCUT2D eigenvalue weighted by Crippen LogP contribution is -2.51. The molecule has 0 aromatic carbocycles. The first-order valence-electron chi connectivity index (χ1n) is 10.8. The molecule has 2 saturated heterocycles. The van der Waals surface area contributed by atoms with Crippen LogP contribution in [0.15, 0.2) is 36.8 Å². The van der Waals surface area contributed by atoms with Crippen molar-refractivity contribution in [3.05, 3.63) is 48.3 Å². The van der Waals surface area contributed by atoms with Crippen LogP contribution in [-0.2, 0) is 18.4 Å². The molecule has 4 heterocycles. The Morgan fingerprint density at radius 1 is 1.10 bits per heavy atom. The monoisotopic (exact) mass is 410 g/mol. The fraction of sp³-hybridized carbons (Fsp3) is 0.545. The lowest BCUT2D eigenvalue weighted by atomic mass is 9.93. The Bertz CT molecular complexity index is 860. The molecular weight excluding hydrogens is 380 g/mol. The van der Waals surface area contributed by atoms with E-state index in [0.717, 1.165) is 57.6 Å². The molecule has 30 heavy (non-hydrogen) atoms. The summed E-state index contributed by atoms with van der Waals surface area (Å²) in [6, 6.07) is 6.16. The van der Waals surface area contributed by atoms with Crippen molar-refractivity contribution in [2.75, 3.05) is 26.2 Å². The third-order valence-electron chi connectivity index (χ3n) is 6.27. The quantitative estimate of drug-likeness (QED) is 0.807. The zero-order valence-electron chi connectivity index (χ0n) is 17.5. The van der Waals surface area contributed by atoms with E-state index >= 15 is 0 Å². The number of carbonyl (C=O) groups excluding carboxylic acids is 2. The number of amides is 2. The average Bonchev–Trinajstić information content (AvgIpc) is 3.23. The summed E-state index contributed by atoms with van der Waals surface area (Å²) in [5.74, 6) is 0.643. The molecule has 0 aliphatic carbocycles. The largest absolute Gasteiger partial charge is 0.350 e. The van der Waals surface area contributed by atoms with Crippen molar-refractivity contribution in [2.24, 2.45) is 13.0 Å². The van der Waals surface area contributed by atoms with Crippen LogP contribution in [0, 0.1) is 5.92 Å². The summed E-state index contributed by atoms with van der Waals surface area (Å²) in [4.78, 5) is 38.1. The van der Waals surface area contributed by atoms with Gasteiger partial charge in [-0.15, -0.1) is 0 Å². The van der Waals surface area contributed by atoms with E-state index in [0.29, 0.717) is 18.4 Å². The van der Waals surface area contributed by atoms with Crippen molar-refractivity contribution < 1.29 is 9.59 Å². The third kappa shape index (κ3) is 4.70. The van der Waals surface area contributed by atoms with Crippen LogP contribution in [0.25, 0.3) is 0 Å². The van der Waals surface area contributed by atoms with Crippen molar-refractivity contribution in [1.82, 2.24) is 29.7 Å². The first kappa shape index (κ1) is 20.5. The Kier molecular flexibility index (Phi) is 6.42. The maximum atomic E-state index is 12.7. The smallest absolute Gasteiger partial charge is 0.289 e. The molecular formula is C22H30N6O2. The van der Waals surface area contributed by atoms with E-state index in [-0.39, 0.29) is 17.7 Å². The molecule has 2 aliphatic heterocycles. The highest BCUT2D eigenvalue weighted by atomic mass is 16.2. The summed E-state index contributed by atoms with van der Waals surface area (Å²) in [5.41, 5.74) is 0.878. The molecule has 0 unspecified atom stereocenters. The predicted octanol–water partition coefficient (Wildman–Crippen LogP) is 1.45. The highest BCUT2D eigenvalue weighted by Crippen LogP contribution is 2.24. The minimum absolute atomic E-state index is 0.00590. The number of nitrogens with zero attached hydrogens (tertiary/aromatic N) is 5. The maximum absolute atomic E-state index is 12.7. The molecule has 2 amide bonds. The number of piperidine rings is 2. The molecule has 0 saturated carbocycles. The van der Waals surface area contributed by atoms with Gasteiger partial charge in [-0.2, -0.15) is 0 Å². The van der Waals surface area contributed by atoms with Gasteiger partial charge in [-0.05, 0) is 44.4 Å². The maximum Gasteiger partial charge on any atom is 0.289 e. The Morgan fingerprint density at radius 3 is 2.63 bits per heavy atom. The topological polar surface area (TPSA) is 83.4 Å². The van der Waals surface area contributed by atoms with Crippen molar-refractivity contribution >= 4 is 11.8 Å². The van der Waals surface area contributed by atoms with Crippen molar-refractivity contribution in [2.45, 2.75) is 38.3 Å². The molecule has 0 spiro atoms. The van der Waals surface area contributed by atoms with Crippen molar-refractivity contribution in [1.29, 1.82) is 0 Å². The Balaban J connectivity index is 1.26. The van der Waals surface area contributed by atoms with Crippen LogP contribution in [0.3, 0.4) is 0 Å². The summed E-state index contributed by atoms with van der Waals surface area (Å²) in [5, 5.41) is 3.04. The normalized spacial score (nSPS) is 20.8. The van der Waals surface area contributed by atoms with Gasteiger partial charge in [0.25, 0.3) is 5.91 Å². The fourth-order valence-electron chi connectivity index (χ4n) is 4.52. The van der Waals surface area contributed by atoms with E-state index in [1.54, 1.807) is 23.2 Å². The van der Waals surface area contributed by atoms with Crippen molar-refractivity contribution in [3.63, 3.8) is 0 Å². The number of aromatic nitrogens is 3. The van der Waals surface area contributed by atoms with E-state index in [2.05, 4.69) is 20.2 Å². The van der Waals surface area contributed by atoms with Gasteiger partial charge in [-0.25, -0.2) is 4.98 Å². The van der Waals surface area contributed by atoms with Crippen LogP contribution in [0.1, 0.15) is 42.0 Å². The molecule has 160 valence electrons. The van der Waals surface area contributed by atoms with Crippen LogP contribution in [0.5, 0.6) is 0 Å². The molecule has 2 aromatic rings. The number of imidazole rings is 1. The number of likely N-dealkylation sites (tertiary alicyclic amines) is 2. The Hall–Kier alpha value is -2.74. The number of aryl methyl sites for hydroxylation is 1.